The van der Waals surface area contributed by atoms with Crippen molar-refractivity contribution in [1.82, 2.24) is 10.3 Å². The number of aromatic nitrogens is 1. The second-order valence-electron chi connectivity index (χ2n) is 4.84. The maximum atomic E-state index is 13.1. The normalized spacial score (nSPS) is 10.8. The van der Waals surface area contributed by atoms with Gasteiger partial charge in [0.25, 0.3) is 11.5 Å². The average Bonchev–Trinajstić information content (AvgIpc) is 3.02. The minimum absolute atomic E-state index is 0.144. The second kappa shape index (κ2) is 6.11. The quantitative estimate of drug-likeness (QED) is 0.777. The number of hydrogen-bond acceptors (Lipinski definition) is 3. The van der Waals surface area contributed by atoms with E-state index in [2.05, 4.69) is 10.3 Å². The third-order valence-corrected chi connectivity index (χ3v) is 4.18. The summed E-state index contributed by atoms with van der Waals surface area (Å²) in [5.74, 6) is -0.534. The van der Waals surface area contributed by atoms with E-state index in [0.717, 1.165) is 5.39 Å². The van der Waals surface area contributed by atoms with Gasteiger partial charge in [-0.3, -0.25) is 9.59 Å². The fourth-order valence-electron chi connectivity index (χ4n) is 2.21. The number of rotatable bonds is 4. The predicted molar refractivity (Wildman–Crippen MR) is 84.9 cm³/mol. The van der Waals surface area contributed by atoms with Crippen molar-refractivity contribution in [3.8, 4) is 0 Å². The summed E-state index contributed by atoms with van der Waals surface area (Å²) in [4.78, 5) is 27.1. The highest BCUT2D eigenvalue weighted by Crippen LogP contribution is 2.13. The molecular weight excluding hydrogens is 303 g/mol. The number of hydrogen-bond donors (Lipinski definition) is 2. The van der Waals surface area contributed by atoms with Gasteiger partial charge in [0.1, 0.15) is 5.82 Å². The molecule has 0 unspecified atom stereocenters. The Bertz CT molecular complexity index is 871. The monoisotopic (exact) mass is 316 g/mol. The molecule has 0 bridgehead atoms. The van der Waals surface area contributed by atoms with Crippen LogP contribution in [0.2, 0.25) is 0 Å². The Balaban J connectivity index is 1.71. The fraction of sp³-hybridized carbons (Fsp3) is 0.125. The highest BCUT2D eigenvalue weighted by molar-refractivity contribution is 7.12. The molecule has 2 N–H and O–H groups in total. The lowest BCUT2D eigenvalue weighted by Gasteiger charge is -2.05. The zero-order valence-electron chi connectivity index (χ0n) is 11.6. The molecule has 1 amide bonds. The van der Waals surface area contributed by atoms with Gasteiger partial charge in [-0.05, 0) is 47.5 Å². The number of thiophene rings is 1. The molecule has 1 aromatic carbocycles. The maximum Gasteiger partial charge on any atom is 0.261 e. The van der Waals surface area contributed by atoms with Gasteiger partial charge in [-0.25, -0.2) is 4.39 Å². The average molecular weight is 316 g/mol. The largest absolute Gasteiger partial charge is 0.351 e. The van der Waals surface area contributed by atoms with E-state index in [9.17, 15) is 14.0 Å². The summed E-state index contributed by atoms with van der Waals surface area (Å²) in [7, 11) is 0. The van der Waals surface area contributed by atoms with Crippen LogP contribution in [0.15, 0.2) is 46.6 Å². The SMILES string of the molecule is O=C(NCCc1cc2ccc(F)cc2[nH]c1=O)c1cccs1. The molecule has 0 fully saturated rings. The summed E-state index contributed by atoms with van der Waals surface area (Å²) < 4.78 is 13.1. The first-order valence-electron chi connectivity index (χ1n) is 6.76. The molecule has 0 aliphatic heterocycles. The Labute approximate surface area is 129 Å². The maximum absolute atomic E-state index is 13.1. The van der Waals surface area contributed by atoms with Gasteiger partial charge in [0, 0.05) is 12.1 Å². The van der Waals surface area contributed by atoms with Crippen LogP contribution in [0.3, 0.4) is 0 Å². The highest BCUT2D eigenvalue weighted by Gasteiger charge is 2.07. The molecule has 4 nitrogen and oxygen atoms in total. The highest BCUT2D eigenvalue weighted by atomic mass is 32.1. The van der Waals surface area contributed by atoms with Crippen molar-refractivity contribution in [2.45, 2.75) is 6.42 Å². The molecule has 6 heteroatoms. The Morgan fingerprint density at radius 3 is 2.91 bits per heavy atom. The Kier molecular flexibility index (Phi) is 4.02. The zero-order chi connectivity index (χ0) is 15.5. The number of carbonyl (C=O) groups excluding carboxylic acids is 1. The molecule has 0 saturated heterocycles. The van der Waals surface area contributed by atoms with E-state index in [1.54, 1.807) is 18.2 Å². The van der Waals surface area contributed by atoms with Gasteiger partial charge in [0.05, 0.1) is 10.4 Å². The number of benzene rings is 1. The van der Waals surface area contributed by atoms with Crippen LogP contribution in [0.5, 0.6) is 0 Å². The molecule has 0 atom stereocenters. The summed E-state index contributed by atoms with van der Waals surface area (Å²) in [5, 5.41) is 5.38. The summed E-state index contributed by atoms with van der Waals surface area (Å²) in [6, 6.07) is 9.55. The molecule has 3 rings (SSSR count). The molecule has 22 heavy (non-hydrogen) atoms. The molecule has 0 radical (unpaired) electrons. The number of aromatic amines is 1. The van der Waals surface area contributed by atoms with Gasteiger partial charge >= 0.3 is 0 Å². The lowest BCUT2D eigenvalue weighted by molar-refractivity contribution is 0.0958. The number of pyridine rings is 1. The molecule has 3 aromatic rings. The van der Waals surface area contributed by atoms with Gasteiger partial charge in [-0.1, -0.05) is 6.07 Å². The molecule has 2 aromatic heterocycles. The molecule has 0 aliphatic carbocycles. The minimum Gasteiger partial charge on any atom is -0.351 e. The van der Waals surface area contributed by atoms with Crippen LogP contribution in [0.1, 0.15) is 15.2 Å². The molecule has 0 spiro atoms. The number of fused-ring (bicyclic) bond motifs is 1. The van der Waals surface area contributed by atoms with Gasteiger partial charge in [0.15, 0.2) is 0 Å². The van der Waals surface area contributed by atoms with E-state index < -0.39 is 0 Å². The summed E-state index contributed by atoms with van der Waals surface area (Å²) in [5.41, 5.74) is 0.769. The topological polar surface area (TPSA) is 62.0 Å². The van der Waals surface area contributed by atoms with Crippen molar-refractivity contribution in [1.29, 1.82) is 0 Å². The number of nitrogens with one attached hydrogen (secondary N) is 2. The second-order valence-corrected chi connectivity index (χ2v) is 5.79. The molecular formula is C16H13FN2O2S. The predicted octanol–water partition coefficient (Wildman–Crippen LogP) is 2.70. The Hall–Kier alpha value is -2.47. The molecule has 2 heterocycles. The van der Waals surface area contributed by atoms with Crippen molar-refractivity contribution < 1.29 is 9.18 Å². The van der Waals surface area contributed by atoms with Crippen LogP contribution < -0.4 is 10.9 Å². The minimum atomic E-state index is -0.390. The molecule has 0 saturated carbocycles. The lowest BCUT2D eigenvalue weighted by atomic mass is 10.1. The zero-order valence-corrected chi connectivity index (χ0v) is 12.4. The van der Waals surface area contributed by atoms with Crippen LogP contribution in [0.4, 0.5) is 4.39 Å². The van der Waals surface area contributed by atoms with Crippen LogP contribution in [0, 0.1) is 5.82 Å². The van der Waals surface area contributed by atoms with E-state index in [1.807, 2.05) is 11.4 Å². The van der Waals surface area contributed by atoms with E-state index in [4.69, 9.17) is 0 Å². The number of halogens is 1. The number of carbonyl (C=O) groups is 1. The van der Waals surface area contributed by atoms with Crippen molar-refractivity contribution >= 4 is 28.1 Å². The van der Waals surface area contributed by atoms with Gasteiger partial charge in [-0.15, -0.1) is 11.3 Å². The summed E-state index contributed by atoms with van der Waals surface area (Å²) in [6.07, 6.45) is 0.416. The van der Waals surface area contributed by atoms with E-state index in [1.165, 1.54) is 23.5 Å². The first kappa shape index (κ1) is 14.5. The van der Waals surface area contributed by atoms with Crippen molar-refractivity contribution in [3.05, 3.63) is 68.4 Å². The third kappa shape index (κ3) is 3.07. The van der Waals surface area contributed by atoms with Crippen LogP contribution >= 0.6 is 11.3 Å². The van der Waals surface area contributed by atoms with Crippen LogP contribution in [0.25, 0.3) is 10.9 Å². The van der Waals surface area contributed by atoms with Crippen molar-refractivity contribution in [3.63, 3.8) is 0 Å². The van der Waals surface area contributed by atoms with Gasteiger partial charge in [0.2, 0.25) is 0 Å². The molecule has 0 aliphatic rings. The molecule has 112 valence electrons. The standard InChI is InChI=1S/C16H13FN2O2S/c17-12-4-3-10-8-11(15(20)19-13(10)9-12)5-6-18-16(21)14-2-1-7-22-14/h1-4,7-9H,5-6H2,(H,18,21)(H,19,20). The van der Waals surface area contributed by atoms with Crippen molar-refractivity contribution in [2.24, 2.45) is 0 Å². The summed E-state index contributed by atoms with van der Waals surface area (Å²) in [6.45, 7) is 0.368. The third-order valence-electron chi connectivity index (χ3n) is 3.31. The van der Waals surface area contributed by atoms with Crippen LogP contribution in [-0.2, 0) is 6.42 Å². The lowest BCUT2D eigenvalue weighted by Crippen LogP contribution is -2.26. The van der Waals surface area contributed by atoms with E-state index in [-0.39, 0.29) is 17.3 Å². The van der Waals surface area contributed by atoms with Crippen LogP contribution in [-0.4, -0.2) is 17.4 Å². The summed E-state index contributed by atoms with van der Waals surface area (Å²) >= 11 is 1.37. The van der Waals surface area contributed by atoms with Crippen molar-refractivity contribution in [2.75, 3.05) is 6.54 Å². The van der Waals surface area contributed by atoms with E-state index >= 15 is 0 Å². The number of H-pyrrole nitrogens is 1. The Morgan fingerprint density at radius 2 is 2.14 bits per heavy atom. The number of amides is 1. The Morgan fingerprint density at radius 1 is 1.27 bits per heavy atom. The first-order valence-corrected chi connectivity index (χ1v) is 7.64. The van der Waals surface area contributed by atoms with Gasteiger partial charge < -0.3 is 10.3 Å². The first-order chi connectivity index (χ1) is 10.6. The fourth-order valence-corrected chi connectivity index (χ4v) is 2.85. The smallest absolute Gasteiger partial charge is 0.261 e. The van der Waals surface area contributed by atoms with Gasteiger partial charge in [-0.2, -0.15) is 0 Å². The van der Waals surface area contributed by atoms with E-state index in [0.29, 0.717) is 28.9 Å².